The molecule has 1 aromatic carbocycles. The van der Waals surface area contributed by atoms with Crippen LogP contribution in [0.1, 0.15) is 36.7 Å². The number of hydrogen-bond donors (Lipinski definition) is 1. The van der Waals surface area contributed by atoms with Gasteiger partial charge in [0.1, 0.15) is 0 Å². The first kappa shape index (κ1) is 17.7. The fourth-order valence-corrected chi connectivity index (χ4v) is 2.49. The van der Waals surface area contributed by atoms with Gasteiger partial charge in [-0.15, -0.1) is 0 Å². The van der Waals surface area contributed by atoms with Crippen molar-refractivity contribution in [2.45, 2.75) is 31.7 Å². The molecule has 0 heterocycles. The van der Waals surface area contributed by atoms with Crippen molar-refractivity contribution in [3.8, 4) is 0 Å². The average Bonchev–Trinajstić information content (AvgIpc) is 2.36. The number of benzene rings is 1. The Morgan fingerprint density at radius 3 is 2.29 bits per heavy atom. The molecule has 0 fully saturated rings. The Balaban J connectivity index is 2.72. The second-order valence-electron chi connectivity index (χ2n) is 5.46. The van der Waals surface area contributed by atoms with Crippen molar-refractivity contribution < 1.29 is 22.2 Å². The summed E-state index contributed by atoms with van der Waals surface area (Å²) in [5.41, 5.74) is -1.40. The predicted octanol–water partition coefficient (Wildman–Crippen LogP) is 2.98. The van der Waals surface area contributed by atoms with E-state index in [0.29, 0.717) is 0 Å². The molecule has 1 atom stereocenters. The predicted molar refractivity (Wildman–Crippen MR) is 76.5 cm³/mol. The zero-order chi connectivity index (χ0) is 16.3. The first-order valence-corrected chi connectivity index (χ1v) is 7.68. The Labute approximate surface area is 124 Å². The maximum Gasteiger partial charge on any atom is 0.417 e. The molecule has 118 valence electrons. The Bertz CT molecular complexity index is 536. The van der Waals surface area contributed by atoms with E-state index in [2.05, 4.69) is 5.32 Å². The van der Waals surface area contributed by atoms with Crippen molar-refractivity contribution in [2.75, 3.05) is 12.3 Å². The molecule has 0 aromatic heterocycles. The standard InChI is InChI=1S/C14H18F3NO2S/c1-13(2,3)21(20)9-8-18-12(19)10-6-4-5-7-11(10)14(15,16)17/h4-7H,8-9H2,1-3H3,(H,18,19)/t21-/m1/s1. The zero-order valence-corrected chi connectivity index (χ0v) is 12.9. The maximum absolute atomic E-state index is 12.8. The fourth-order valence-electron chi connectivity index (χ4n) is 1.59. The lowest BCUT2D eigenvalue weighted by atomic mass is 10.1. The van der Waals surface area contributed by atoms with E-state index in [0.717, 1.165) is 12.1 Å². The van der Waals surface area contributed by atoms with Crippen LogP contribution in [-0.4, -0.2) is 27.2 Å². The van der Waals surface area contributed by atoms with Crippen molar-refractivity contribution in [1.82, 2.24) is 5.32 Å². The summed E-state index contributed by atoms with van der Waals surface area (Å²) >= 11 is 0. The summed E-state index contributed by atoms with van der Waals surface area (Å²) < 4.78 is 49.7. The smallest absolute Gasteiger partial charge is 0.351 e. The summed E-state index contributed by atoms with van der Waals surface area (Å²) in [6.07, 6.45) is -4.58. The molecule has 1 aromatic rings. The molecule has 1 rings (SSSR count). The van der Waals surface area contributed by atoms with Crippen LogP contribution in [-0.2, 0) is 17.0 Å². The highest BCUT2D eigenvalue weighted by Crippen LogP contribution is 2.31. The first-order chi connectivity index (χ1) is 9.53. The molecular weight excluding hydrogens is 303 g/mol. The van der Waals surface area contributed by atoms with Crippen LogP contribution >= 0.6 is 0 Å². The summed E-state index contributed by atoms with van der Waals surface area (Å²) in [6.45, 7) is 5.45. The van der Waals surface area contributed by atoms with Gasteiger partial charge in [0.2, 0.25) is 0 Å². The van der Waals surface area contributed by atoms with E-state index >= 15 is 0 Å². The zero-order valence-electron chi connectivity index (χ0n) is 12.1. The van der Waals surface area contributed by atoms with Gasteiger partial charge in [0, 0.05) is 27.8 Å². The van der Waals surface area contributed by atoms with Crippen LogP contribution in [0.15, 0.2) is 24.3 Å². The van der Waals surface area contributed by atoms with E-state index in [1.54, 1.807) is 20.8 Å². The molecular formula is C14H18F3NO2S. The number of alkyl halides is 3. The molecule has 0 saturated carbocycles. The molecule has 0 radical (unpaired) electrons. The van der Waals surface area contributed by atoms with Crippen LogP contribution < -0.4 is 5.32 Å². The monoisotopic (exact) mass is 321 g/mol. The number of rotatable bonds is 4. The molecule has 0 saturated heterocycles. The van der Waals surface area contributed by atoms with Crippen molar-refractivity contribution in [3.05, 3.63) is 35.4 Å². The van der Waals surface area contributed by atoms with Gasteiger partial charge in [0.05, 0.1) is 11.1 Å². The largest absolute Gasteiger partial charge is 0.417 e. The molecule has 21 heavy (non-hydrogen) atoms. The average molecular weight is 321 g/mol. The minimum Gasteiger partial charge on any atom is -0.351 e. The van der Waals surface area contributed by atoms with Gasteiger partial charge in [0.15, 0.2) is 0 Å². The third kappa shape index (κ3) is 5.15. The van der Waals surface area contributed by atoms with E-state index in [4.69, 9.17) is 0 Å². The topological polar surface area (TPSA) is 46.2 Å². The number of halogens is 3. The number of nitrogens with one attached hydrogen (secondary N) is 1. The van der Waals surface area contributed by atoms with Gasteiger partial charge in [-0.2, -0.15) is 13.2 Å². The van der Waals surface area contributed by atoms with Gasteiger partial charge in [-0.25, -0.2) is 0 Å². The number of hydrogen-bond acceptors (Lipinski definition) is 2. The number of carbonyl (C=O) groups is 1. The van der Waals surface area contributed by atoms with Crippen LogP contribution in [0, 0.1) is 0 Å². The third-order valence-electron chi connectivity index (χ3n) is 2.73. The molecule has 0 aliphatic heterocycles. The summed E-state index contributed by atoms with van der Waals surface area (Å²) in [6, 6.07) is 4.59. The first-order valence-electron chi connectivity index (χ1n) is 6.36. The minimum absolute atomic E-state index is 0.0644. The van der Waals surface area contributed by atoms with Crippen molar-refractivity contribution >= 4 is 16.7 Å². The molecule has 0 bridgehead atoms. The molecule has 1 amide bonds. The molecule has 3 nitrogen and oxygen atoms in total. The Hall–Kier alpha value is -1.37. The van der Waals surface area contributed by atoms with Gasteiger partial charge in [-0.3, -0.25) is 9.00 Å². The summed E-state index contributed by atoms with van der Waals surface area (Å²) in [5.74, 6) is -0.613. The summed E-state index contributed by atoms with van der Waals surface area (Å²) in [7, 11) is -1.17. The van der Waals surface area contributed by atoms with Crippen LogP contribution in [0.4, 0.5) is 13.2 Å². The van der Waals surface area contributed by atoms with Crippen LogP contribution in [0.5, 0.6) is 0 Å². The second kappa shape index (κ2) is 6.60. The molecule has 0 spiro atoms. The lowest BCUT2D eigenvalue weighted by Crippen LogP contribution is -2.33. The highest BCUT2D eigenvalue weighted by Gasteiger charge is 2.34. The Morgan fingerprint density at radius 1 is 1.19 bits per heavy atom. The molecule has 1 N–H and O–H groups in total. The second-order valence-corrected chi connectivity index (χ2v) is 7.79. The van der Waals surface area contributed by atoms with E-state index < -0.39 is 38.8 Å². The van der Waals surface area contributed by atoms with Crippen molar-refractivity contribution in [3.63, 3.8) is 0 Å². The number of amides is 1. The van der Waals surface area contributed by atoms with Gasteiger partial charge < -0.3 is 5.32 Å². The third-order valence-corrected chi connectivity index (χ3v) is 4.67. The lowest BCUT2D eigenvalue weighted by molar-refractivity contribution is -0.137. The maximum atomic E-state index is 12.8. The quantitative estimate of drug-likeness (QED) is 0.927. The summed E-state index contributed by atoms with van der Waals surface area (Å²) in [5, 5.41) is 2.38. The van der Waals surface area contributed by atoms with E-state index in [9.17, 15) is 22.2 Å². The van der Waals surface area contributed by atoms with E-state index in [-0.39, 0.29) is 12.3 Å². The van der Waals surface area contributed by atoms with E-state index in [1.807, 2.05) is 0 Å². The van der Waals surface area contributed by atoms with Gasteiger partial charge >= 0.3 is 6.18 Å². The lowest BCUT2D eigenvalue weighted by Gasteiger charge is -2.18. The van der Waals surface area contributed by atoms with Crippen LogP contribution in [0.25, 0.3) is 0 Å². The Morgan fingerprint density at radius 2 is 1.76 bits per heavy atom. The summed E-state index contributed by atoms with van der Waals surface area (Å²) in [4.78, 5) is 11.8. The van der Waals surface area contributed by atoms with Crippen molar-refractivity contribution in [2.24, 2.45) is 0 Å². The fraction of sp³-hybridized carbons (Fsp3) is 0.500. The van der Waals surface area contributed by atoms with Gasteiger partial charge in [-0.1, -0.05) is 12.1 Å². The van der Waals surface area contributed by atoms with Gasteiger partial charge in [-0.05, 0) is 32.9 Å². The molecule has 0 aliphatic carbocycles. The molecule has 7 heteroatoms. The highest BCUT2D eigenvalue weighted by atomic mass is 32.2. The normalized spacial score (nSPS) is 13.8. The molecule has 0 unspecified atom stereocenters. The Kier molecular flexibility index (Phi) is 5.55. The SMILES string of the molecule is CC(C)(C)[S@](=O)CCNC(=O)c1ccccc1C(F)(F)F. The molecule has 0 aliphatic rings. The minimum atomic E-state index is -4.58. The van der Waals surface area contributed by atoms with E-state index in [1.165, 1.54) is 12.1 Å². The number of carbonyl (C=O) groups excluding carboxylic acids is 1. The van der Waals surface area contributed by atoms with Crippen LogP contribution in [0.3, 0.4) is 0 Å². The van der Waals surface area contributed by atoms with Crippen molar-refractivity contribution in [1.29, 1.82) is 0 Å². The van der Waals surface area contributed by atoms with Gasteiger partial charge in [0.25, 0.3) is 5.91 Å². The highest BCUT2D eigenvalue weighted by molar-refractivity contribution is 7.86. The van der Waals surface area contributed by atoms with Crippen LogP contribution in [0.2, 0.25) is 0 Å².